The van der Waals surface area contributed by atoms with Crippen molar-refractivity contribution in [2.24, 2.45) is 0 Å². The first-order valence-corrected chi connectivity index (χ1v) is 11.2. The van der Waals surface area contributed by atoms with Gasteiger partial charge >= 0.3 is 0 Å². The van der Waals surface area contributed by atoms with Crippen molar-refractivity contribution in [2.45, 2.75) is 25.9 Å². The Balaban J connectivity index is 1.49. The Kier molecular flexibility index (Phi) is 4.64. The molecule has 8 nitrogen and oxygen atoms in total. The molecule has 0 aliphatic carbocycles. The third kappa shape index (κ3) is 3.22. The summed E-state index contributed by atoms with van der Waals surface area (Å²) in [6.45, 7) is 5.86. The zero-order valence-corrected chi connectivity index (χ0v) is 16.7. The van der Waals surface area contributed by atoms with Gasteiger partial charge in [-0.05, 0) is 26.0 Å². The third-order valence-electron chi connectivity index (χ3n) is 5.65. The van der Waals surface area contributed by atoms with Crippen molar-refractivity contribution in [3.8, 4) is 5.75 Å². The molecule has 0 aromatic carbocycles. The van der Waals surface area contributed by atoms with Crippen LogP contribution in [0.2, 0.25) is 0 Å². The lowest BCUT2D eigenvalue weighted by Gasteiger charge is -2.29. The molecule has 5 heterocycles. The number of anilines is 3. The molecule has 1 atom stereocenters. The van der Waals surface area contributed by atoms with Gasteiger partial charge in [-0.3, -0.25) is 9.19 Å². The summed E-state index contributed by atoms with van der Waals surface area (Å²) in [5.41, 5.74) is 3.84. The van der Waals surface area contributed by atoms with Crippen LogP contribution >= 0.6 is 0 Å². The zero-order chi connectivity index (χ0) is 19.1. The highest BCUT2D eigenvalue weighted by atomic mass is 32.2. The first-order chi connectivity index (χ1) is 13.7. The van der Waals surface area contributed by atoms with Crippen molar-refractivity contribution in [1.82, 2.24) is 20.3 Å². The molecule has 2 aromatic heterocycles. The molecule has 3 aliphatic heterocycles. The number of ether oxygens (including phenoxy) is 1. The molecule has 2 aromatic rings. The van der Waals surface area contributed by atoms with Gasteiger partial charge in [0.2, 0.25) is 0 Å². The molecule has 9 heteroatoms. The monoisotopic (exact) mass is 400 g/mol. The molecule has 2 saturated heterocycles. The molecule has 5 rings (SSSR count). The van der Waals surface area contributed by atoms with E-state index < -0.39 is 10.8 Å². The topological polar surface area (TPSA) is 92.3 Å². The van der Waals surface area contributed by atoms with Crippen LogP contribution in [0.5, 0.6) is 5.75 Å². The van der Waals surface area contributed by atoms with E-state index in [0.717, 1.165) is 72.6 Å². The van der Waals surface area contributed by atoms with Gasteiger partial charge in [-0.15, -0.1) is 0 Å². The van der Waals surface area contributed by atoms with Crippen LogP contribution in [-0.2, 0) is 17.4 Å². The highest BCUT2D eigenvalue weighted by Gasteiger charge is 2.27. The van der Waals surface area contributed by atoms with Gasteiger partial charge in [-0.1, -0.05) is 0 Å². The molecule has 148 valence electrons. The number of aromatic nitrogens is 3. The molecule has 3 aliphatic rings. The SMILES string of the molecule is Cc1nc(C2CCNC2)cc2c1OCc1c(ncnc1N1CCS(=O)CC1)N2. The van der Waals surface area contributed by atoms with Gasteiger partial charge in [0.1, 0.15) is 24.6 Å². The van der Waals surface area contributed by atoms with Crippen LogP contribution in [0, 0.1) is 6.92 Å². The summed E-state index contributed by atoms with van der Waals surface area (Å²) >= 11 is 0. The maximum atomic E-state index is 11.7. The van der Waals surface area contributed by atoms with Gasteiger partial charge in [-0.2, -0.15) is 0 Å². The summed E-state index contributed by atoms with van der Waals surface area (Å²) in [6, 6.07) is 2.10. The van der Waals surface area contributed by atoms with E-state index in [9.17, 15) is 4.21 Å². The molecular weight excluding hydrogens is 376 g/mol. The van der Waals surface area contributed by atoms with E-state index in [1.54, 1.807) is 6.33 Å². The number of pyridine rings is 1. The summed E-state index contributed by atoms with van der Waals surface area (Å²) in [4.78, 5) is 16.0. The highest BCUT2D eigenvalue weighted by molar-refractivity contribution is 7.85. The fourth-order valence-electron chi connectivity index (χ4n) is 4.11. The number of rotatable bonds is 2. The Morgan fingerprint density at radius 3 is 2.93 bits per heavy atom. The summed E-state index contributed by atoms with van der Waals surface area (Å²) in [5, 5.41) is 6.88. The number of nitrogens with zero attached hydrogens (tertiary/aromatic N) is 4. The lowest BCUT2D eigenvalue weighted by Crippen LogP contribution is -2.39. The Morgan fingerprint density at radius 2 is 2.14 bits per heavy atom. The second kappa shape index (κ2) is 7.29. The summed E-state index contributed by atoms with van der Waals surface area (Å²) in [5.74, 6) is 4.20. The number of aryl methyl sites for hydroxylation is 1. The van der Waals surface area contributed by atoms with Crippen LogP contribution in [0.1, 0.15) is 29.3 Å². The maximum Gasteiger partial charge on any atom is 0.164 e. The quantitative estimate of drug-likeness (QED) is 0.783. The number of fused-ring (bicyclic) bond motifs is 2. The highest BCUT2D eigenvalue weighted by Crippen LogP contribution is 2.39. The van der Waals surface area contributed by atoms with Crippen molar-refractivity contribution in [3.63, 3.8) is 0 Å². The van der Waals surface area contributed by atoms with Crippen molar-refractivity contribution in [3.05, 3.63) is 29.3 Å². The smallest absolute Gasteiger partial charge is 0.164 e. The van der Waals surface area contributed by atoms with Crippen LogP contribution in [0.15, 0.2) is 12.4 Å². The molecule has 0 spiro atoms. The lowest BCUT2D eigenvalue weighted by atomic mass is 10.0. The molecule has 1 unspecified atom stereocenters. The molecule has 28 heavy (non-hydrogen) atoms. The van der Waals surface area contributed by atoms with Gasteiger partial charge in [0.15, 0.2) is 5.75 Å². The fraction of sp³-hybridized carbons (Fsp3) is 0.526. The minimum atomic E-state index is -0.725. The fourth-order valence-corrected chi connectivity index (χ4v) is 5.17. The summed E-state index contributed by atoms with van der Waals surface area (Å²) in [6.07, 6.45) is 2.69. The standard InChI is InChI=1S/C19H24N6O2S/c1-12-17-16(8-15(23-12)13-2-3-20-9-13)24-18-14(10-27-17)19(22-11-21-18)25-4-6-28(26)7-5-25/h8,11,13,20H,2-7,9-10H2,1H3,(H,21,22,24). The number of hydrogen-bond acceptors (Lipinski definition) is 8. The molecule has 2 N–H and O–H groups in total. The molecule has 0 radical (unpaired) electrons. The van der Waals surface area contributed by atoms with Crippen LogP contribution in [0.3, 0.4) is 0 Å². The largest absolute Gasteiger partial charge is 0.485 e. The Bertz CT molecular complexity index is 921. The van der Waals surface area contributed by atoms with E-state index in [-0.39, 0.29) is 0 Å². The second-order valence-electron chi connectivity index (χ2n) is 7.47. The van der Waals surface area contributed by atoms with E-state index in [0.29, 0.717) is 24.0 Å². The Morgan fingerprint density at radius 1 is 1.29 bits per heavy atom. The predicted molar refractivity (Wildman–Crippen MR) is 109 cm³/mol. The van der Waals surface area contributed by atoms with Gasteiger partial charge in [-0.25, -0.2) is 9.97 Å². The van der Waals surface area contributed by atoms with Crippen molar-refractivity contribution in [1.29, 1.82) is 0 Å². The van der Waals surface area contributed by atoms with Crippen LogP contribution in [0.25, 0.3) is 0 Å². The average molecular weight is 401 g/mol. The van der Waals surface area contributed by atoms with E-state index in [1.165, 1.54) is 0 Å². The van der Waals surface area contributed by atoms with Crippen LogP contribution < -0.4 is 20.3 Å². The van der Waals surface area contributed by atoms with E-state index in [4.69, 9.17) is 9.72 Å². The average Bonchev–Trinajstić information content (AvgIpc) is 3.16. The summed E-state index contributed by atoms with van der Waals surface area (Å²) < 4.78 is 17.9. The van der Waals surface area contributed by atoms with Gasteiger partial charge in [0.25, 0.3) is 0 Å². The van der Waals surface area contributed by atoms with Crippen LogP contribution in [-0.4, -0.2) is 56.8 Å². The minimum absolute atomic E-state index is 0.387. The van der Waals surface area contributed by atoms with Crippen molar-refractivity contribution in [2.75, 3.05) is 47.9 Å². The molecule has 0 amide bonds. The Hall–Kier alpha value is -2.26. The molecular formula is C19H24N6O2S. The van der Waals surface area contributed by atoms with E-state index in [1.807, 2.05) is 6.92 Å². The van der Waals surface area contributed by atoms with Gasteiger partial charge < -0.3 is 20.3 Å². The lowest BCUT2D eigenvalue weighted by molar-refractivity contribution is 0.306. The van der Waals surface area contributed by atoms with E-state index >= 15 is 0 Å². The zero-order valence-electron chi connectivity index (χ0n) is 15.9. The van der Waals surface area contributed by atoms with Crippen molar-refractivity contribution < 1.29 is 8.95 Å². The molecule has 2 fully saturated rings. The van der Waals surface area contributed by atoms with E-state index in [2.05, 4.69) is 31.6 Å². The normalized spacial score (nSPS) is 22.0. The second-order valence-corrected chi connectivity index (χ2v) is 9.17. The number of hydrogen-bond donors (Lipinski definition) is 2. The first kappa shape index (κ1) is 17.8. The molecule has 0 saturated carbocycles. The minimum Gasteiger partial charge on any atom is -0.485 e. The first-order valence-electron chi connectivity index (χ1n) is 9.75. The third-order valence-corrected chi connectivity index (χ3v) is 6.93. The summed E-state index contributed by atoms with van der Waals surface area (Å²) in [7, 11) is -0.725. The molecule has 0 bridgehead atoms. The maximum absolute atomic E-state index is 11.7. The Labute approximate surface area is 166 Å². The predicted octanol–water partition coefficient (Wildman–Crippen LogP) is 1.46. The van der Waals surface area contributed by atoms with Gasteiger partial charge in [0, 0.05) is 53.6 Å². The number of nitrogens with one attached hydrogen (secondary N) is 2. The van der Waals surface area contributed by atoms with Gasteiger partial charge in [0.05, 0.1) is 16.9 Å². The van der Waals surface area contributed by atoms with Crippen LogP contribution in [0.4, 0.5) is 17.3 Å². The van der Waals surface area contributed by atoms with Crippen molar-refractivity contribution >= 4 is 28.1 Å².